The van der Waals surface area contributed by atoms with Gasteiger partial charge in [0, 0.05) is 18.9 Å². The first-order valence-corrected chi connectivity index (χ1v) is 5.92. The number of carbonyl (C=O) groups excluding carboxylic acids is 1. The second-order valence-electron chi connectivity index (χ2n) is 3.75. The van der Waals surface area contributed by atoms with E-state index in [0.717, 1.165) is 16.4 Å². The molecular formula is C9H13N5OS. The average molecular weight is 239 g/mol. The molecule has 16 heavy (non-hydrogen) atoms. The number of aromatic nitrogens is 4. The van der Waals surface area contributed by atoms with E-state index in [-0.39, 0.29) is 11.8 Å². The van der Waals surface area contributed by atoms with Gasteiger partial charge in [-0.3, -0.25) is 4.79 Å². The van der Waals surface area contributed by atoms with E-state index in [1.165, 1.54) is 11.3 Å². The monoisotopic (exact) mass is 239 g/mol. The van der Waals surface area contributed by atoms with Crippen LogP contribution in [0, 0.1) is 5.92 Å². The zero-order valence-electron chi connectivity index (χ0n) is 9.17. The normalized spacial score (nSPS) is 11.2. The van der Waals surface area contributed by atoms with E-state index in [1.54, 1.807) is 10.8 Å². The Hall–Kier alpha value is -1.50. The Balaban J connectivity index is 1.86. The molecule has 2 aromatic rings. The summed E-state index contributed by atoms with van der Waals surface area (Å²) in [5.41, 5.74) is 0. The summed E-state index contributed by atoms with van der Waals surface area (Å²) in [4.78, 5) is 12.1. The Kier molecular flexibility index (Phi) is 3.14. The maximum Gasteiger partial charge on any atom is 0.234 e. The largest absolute Gasteiger partial charge is 0.355 e. The van der Waals surface area contributed by atoms with E-state index in [9.17, 15) is 4.79 Å². The topological polar surface area (TPSA) is 72.2 Å². The molecule has 0 atom stereocenters. The number of amides is 1. The first kappa shape index (κ1) is 11.0. The minimum Gasteiger partial charge on any atom is -0.355 e. The van der Waals surface area contributed by atoms with Crippen molar-refractivity contribution in [1.82, 2.24) is 25.1 Å². The molecule has 2 aromatic heterocycles. The lowest BCUT2D eigenvalue weighted by atomic mass is 10.2. The van der Waals surface area contributed by atoms with Crippen LogP contribution >= 0.6 is 11.3 Å². The van der Waals surface area contributed by atoms with Crippen LogP contribution in [0.5, 0.6) is 0 Å². The zero-order valence-corrected chi connectivity index (χ0v) is 9.99. The van der Waals surface area contributed by atoms with Crippen molar-refractivity contribution < 1.29 is 4.79 Å². The summed E-state index contributed by atoms with van der Waals surface area (Å²) in [6.45, 7) is 4.36. The van der Waals surface area contributed by atoms with Crippen molar-refractivity contribution in [2.45, 2.75) is 20.3 Å². The summed E-state index contributed by atoms with van der Waals surface area (Å²) in [7, 11) is 0. The highest BCUT2D eigenvalue weighted by Crippen LogP contribution is 2.11. The number of hydrogen-bond donors (Lipinski definition) is 1. The molecule has 0 fully saturated rings. The van der Waals surface area contributed by atoms with Gasteiger partial charge in [-0.1, -0.05) is 25.2 Å². The predicted octanol–water partition coefficient (Wildman–Crippen LogP) is 0.500. The fourth-order valence-corrected chi connectivity index (χ4v) is 2.01. The predicted molar refractivity (Wildman–Crippen MR) is 60.2 cm³/mol. The number of nitrogens with zero attached hydrogens (tertiary/aromatic N) is 4. The number of rotatable bonds is 4. The van der Waals surface area contributed by atoms with Gasteiger partial charge < -0.3 is 5.32 Å². The summed E-state index contributed by atoms with van der Waals surface area (Å²) in [6, 6.07) is 0. The number of carbonyl (C=O) groups is 1. The summed E-state index contributed by atoms with van der Waals surface area (Å²) >= 11 is 1.49. The molecule has 0 spiro atoms. The summed E-state index contributed by atoms with van der Waals surface area (Å²) < 4.78 is 1.64. The maximum atomic E-state index is 11.3. The molecule has 7 heteroatoms. The standard InChI is InChI=1S/C9H13N5OS/c1-6(2)8(15)10-4-3-7-13-14-5-11-12-9(14)16-7/h5-6H,3-4H2,1-2H3,(H,10,15). The van der Waals surface area contributed by atoms with Gasteiger partial charge in [-0.15, -0.1) is 10.2 Å². The maximum absolute atomic E-state index is 11.3. The molecule has 1 amide bonds. The molecule has 86 valence electrons. The van der Waals surface area contributed by atoms with E-state index < -0.39 is 0 Å². The van der Waals surface area contributed by atoms with Gasteiger partial charge in [-0.25, -0.2) is 0 Å². The molecule has 0 bridgehead atoms. The van der Waals surface area contributed by atoms with Crippen LogP contribution in [-0.2, 0) is 11.2 Å². The molecule has 2 heterocycles. The minimum atomic E-state index is 0.0257. The molecule has 0 aliphatic heterocycles. The molecule has 6 nitrogen and oxygen atoms in total. The highest BCUT2D eigenvalue weighted by atomic mass is 32.1. The van der Waals surface area contributed by atoms with Crippen molar-refractivity contribution in [3.63, 3.8) is 0 Å². The fraction of sp³-hybridized carbons (Fsp3) is 0.556. The van der Waals surface area contributed by atoms with Crippen molar-refractivity contribution >= 4 is 22.2 Å². The van der Waals surface area contributed by atoms with Crippen LogP contribution < -0.4 is 5.32 Å². The third kappa shape index (κ3) is 2.35. The zero-order chi connectivity index (χ0) is 11.5. The first-order valence-electron chi connectivity index (χ1n) is 5.10. The first-order chi connectivity index (χ1) is 7.66. The second kappa shape index (κ2) is 4.56. The molecule has 1 N–H and O–H groups in total. The average Bonchev–Trinajstić information content (AvgIpc) is 2.77. The quantitative estimate of drug-likeness (QED) is 0.843. The van der Waals surface area contributed by atoms with Gasteiger partial charge in [0.05, 0.1) is 0 Å². The summed E-state index contributed by atoms with van der Waals surface area (Å²) in [5.74, 6) is 0.0980. The highest BCUT2D eigenvalue weighted by Gasteiger charge is 2.08. The Morgan fingerprint density at radius 1 is 1.62 bits per heavy atom. The SMILES string of the molecule is CC(C)C(=O)NCCc1nn2cnnc2s1. The van der Waals surface area contributed by atoms with Crippen LogP contribution in [0.1, 0.15) is 18.9 Å². The van der Waals surface area contributed by atoms with Crippen molar-refractivity contribution in [3.8, 4) is 0 Å². The van der Waals surface area contributed by atoms with Gasteiger partial charge in [-0.05, 0) is 0 Å². The number of fused-ring (bicyclic) bond motifs is 1. The molecule has 2 rings (SSSR count). The number of nitrogens with one attached hydrogen (secondary N) is 1. The summed E-state index contributed by atoms with van der Waals surface area (Å²) in [5, 5.41) is 15.7. The van der Waals surface area contributed by atoms with E-state index >= 15 is 0 Å². The lowest BCUT2D eigenvalue weighted by Crippen LogP contribution is -2.29. The van der Waals surface area contributed by atoms with E-state index in [0.29, 0.717) is 6.54 Å². The third-order valence-electron chi connectivity index (χ3n) is 2.09. The molecule has 0 radical (unpaired) electrons. The molecule has 0 unspecified atom stereocenters. The molecule has 0 saturated heterocycles. The van der Waals surface area contributed by atoms with Crippen LogP contribution in [0.4, 0.5) is 0 Å². The van der Waals surface area contributed by atoms with Crippen LogP contribution in [0.25, 0.3) is 4.96 Å². The third-order valence-corrected chi connectivity index (χ3v) is 3.06. The Bertz CT molecular complexity index is 460. The molecule has 0 saturated carbocycles. The minimum absolute atomic E-state index is 0.0257. The van der Waals surface area contributed by atoms with Crippen LogP contribution in [-0.4, -0.2) is 32.3 Å². The Morgan fingerprint density at radius 2 is 2.44 bits per heavy atom. The summed E-state index contributed by atoms with van der Waals surface area (Å²) in [6.07, 6.45) is 2.30. The van der Waals surface area contributed by atoms with Gasteiger partial charge in [-0.2, -0.15) is 9.61 Å². The highest BCUT2D eigenvalue weighted by molar-refractivity contribution is 7.16. The van der Waals surface area contributed by atoms with E-state index in [2.05, 4.69) is 20.6 Å². The lowest BCUT2D eigenvalue weighted by molar-refractivity contribution is -0.123. The smallest absolute Gasteiger partial charge is 0.234 e. The van der Waals surface area contributed by atoms with Crippen molar-refractivity contribution in [2.75, 3.05) is 6.54 Å². The van der Waals surface area contributed by atoms with Crippen LogP contribution in [0.15, 0.2) is 6.33 Å². The molecule has 0 aromatic carbocycles. The van der Waals surface area contributed by atoms with Gasteiger partial charge in [0.2, 0.25) is 10.9 Å². The van der Waals surface area contributed by atoms with E-state index in [1.807, 2.05) is 13.8 Å². The van der Waals surface area contributed by atoms with Crippen molar-refractivity contribution in [2.24, 2.45) is 5.92 Å². The van der Waals surface area contributed by atoms with Gasteiger partial charge >= 0.3 is 0 Å². The fourth-order valence-electron chi connectivity index (χ4n) is 1.20. The molecule has 0 aliphatic carbocycles. The van der Waals surface area contributed by atoms with Gasteiger partial charge in [0.15, 0.2) is 0 Å². The van der Waals surface area contributed by atoms with E-state index in [4.69, 9.17) is 0 Å². The Labute approximate surface area is 96.7 Å². The van der Waals surface area contributed by atoms with Crippen molar-refractivity contribution in [1.29, 1.82) is 0 Å². The second-order valence-corrected chi connectivity index (χ2v) is 4.79. The van der Waals surface area contributed by atoms with Crippen molar-refractivity contribution in [3.05, 3.63) is 11.3 Å². The number of hydrogen-bond acceptors (Lipinski definition) is 5. The van der Waals surface area contributed by atoms with Crippen LogP contribution in [0.3, 0.4) is 0 Å². The van der Waals surface area contributed by atoms with Crippen LogP contribution in [0.2, 0.25) is 0 Å². The van der Waals surface area contributed by atoms with Gasteiger partial charge in [0.25, 0.3) is 0 Å². The Morgan fingerprint density at radius 3 is 3.12 bits per heavy atom. The lowest BCUT2D eigenvalue weighted by Gasteiger charge is -2.05. The molecule has 0 aliphatic rings. The molecular weight excluding hydrogens is 226 g/mol. The van der Waals surface area contributed by atoms with Gasteiger partial charge in [0.1, 0.15) is 11.3 Å².